The van der Waals surface area contributed by atoms with E-state index in [1.165, 1.54) is 15.8 Å². The zero-order chi connectivity index (χ0) is 17.4. The number of aromatic nitrogens is 2. The van der Waals surface area contributed by atoms with Crippen LogP contribution in [0.25, 0.3) is 20.7 Å². The molecule has 1 fully saturated rings. The van der Waals surface area contributed by atoms with E-state index in [9.17, 15) is 0 Å². The normalized spacial score (nSPS) is 17.9. The Morgan fingerprint density at radius 2 is 2.00 bits per heavy atom. The van der Waals surface area contributed by atoms with Gasteiger partial charge in [-0.25, -0.2) is 9.97 Å². The largest absolute Gasteiger partial charge is 0.373 e. The Hall–Kier alpha value is -1.82. The van der Waals surface area contributed by atoms with Crippen LogP contribution in [0.5, 0.6) is 0 Å². The Kier molecular flexibility index (Phi) is 4.31. The van der Waals surface area contributed by atoms with Gasteiger partial charge >= 0.3 is 0 Å². The van der Waals surface area contributed by atoms with Crippen LogP contribution in [0.2, 0.25) is 0 Å². The monoisotopic (exact) mass is 353 g/mol. The van der Waals surface area contributed by atoms with Crippen LogP contribution in [-0.4, -0.2) is 40.2 Å². The average Bonchev–Trinajstić information content (AvgIpc) is 2.99. The van der Waals surface area contributed by atoms with Gasteiger partial charge in [0.1, 0.15) is 10.7 Å². The van der Waals surface area contributed by atoms with E-state index in [0.29, 0.717) is 0 Å². The van der Waals surface area contributed by atoms with E-state index in [2.05, 4.69) is 54.1 Å². The van der Waals surface area contributed by atoms with E-state index in [4.69, 9.17) is 9.72 Å². The zero-order valence-electron chi connectivity index (χ0n) is 15.0. The van der Waals surface area contributed by atoms with Crippen LogP contribution in [-0.2, 0) is 11.3 Å². The van der Waals surface area contributed by atoms with Crippen molar-refractivity contribution in [2.24, 2.45) is 0 Å². The minimum atomic E-state index is -0.0940. The Morgan fingerprint density at radius 1 is 1.20 bits per heavy atom. The fourth-order valence-electron chi connectivity index (χ4n) is 3.42. The van der Waals surface area contributed by atoms with Gasteiger partial charge in [0.15, 0.2) is 0 Å². The van der Waals surface area contributed by atoms with Gasteiger partial charge < -0.3 is 4.74 Å². The van der Waals surface area contributed by atoms with Crippen molar-refractivity contribution in [2.75, 3.05) is 19.7 Å². The number of rotatable bonds is 3. The standard InChI is InChI=1S/C20H23N3OS/c1-14-21-17(12-23-9-10-24-20(2,3)13-23)16-11-18(25-19(16)22-14)15-7-5-4-6-8-15/h4-8,11H,9-10,12-13H2,1-3H3. The molecule has 5 heteroatoms. The van der Waals surface area contributed by atoms with Crippen LogP contribution < -0.4 is 0 Å². The van der Waals surface area contributed by atoms with Gasteiger partial charge in [-0.15, -0.1) is 11.3 Å². The van der Waals surface area contributed by atoms with Gasteiger partial charge in [0, 0.05) is 29.9 Å². The first-order chi connectivity index (χ1) is 12.0. The Morgan fingerprint density at radius 3 is 2.76 bits per heavy atom. The van der Waals surface area contributed by atoms with Crippen molar-refractivity contribution in [2.45, 2.75) is 32.9 Å². The highest BCUT2D eigenvalue weighted by molar-refractivity contribution is 7.21. The molecule has 0 unspecified atom stereocenters. The third-order valence-electron chi connectivity index (χ3n) is 4.52. The SMILES string of the molecule is Cc1nc(CN2CCOC(C)(C)C2)c2cc(-c3ccccc3)sc2n1. The van der Waals surface area contributed by atoms with E-state index >= 15 is 0 Å². The molecule has 0 N–H and O–H groups in total. The number of thiophene rings is 1. The summed E-state index contributed by atoms with van der Waals surface area (Å²) in [5.41, 5.74) is 2.27. The molecule has 1 aliphatic rings. The summed E-state index contributed by atoms with van der Waals surface area (Å²) in [5, 5.41) is 1.18. The second kappa shape index (κ2) is 6.48. The number of hydrogen-bond acceptors (Lipinski definition) is 5. The molecular weight excluding hydrogens is 330 g/mol. The highest BCUT2D eigenvalue weighted by atomic mass is 32.1. The summed E-state index contributed by atoms with van der Waals surface area (Å²) in [7, 11) is 0. The van der Waals surface area contributed by atoms with Crippen LogP contribution in [0.15, 0.2) is 36.4 Å². The van der Waals surface area contributed by atoms with Crippen molar-refractivity contribution in [3.8, 4) is 10.4 Å². The summed E-state index contributed by atoms with van der Waals surface area (Å²) in [5.74, 6) is 0.844. The highest BCUT2D eigenvalue weighted by Gasteiger charge is 2.27. The molecule has 0 bridgehead atoms. The molecule has 2 aromatic heterocycles. The minimum Gasteiger partial charge on any atom is -0.373 e. The lowest BCUT2D eigenvalue weighted by molar-refractivity contribution is -0.0884. The number of morpholine rings is 1. The molecule has 25 heavy (non-hydrogen) atoms. The van der Waals surface area contributed by atoms with Gasteiger partial charge in [-0.3, -0.25) is 4.90 Å². The third kappa shape index (κ3) is 3.59. The zero-order valence-corrected chi connectivity index (χ0v) is 15.8. The summed E-state index contributed by atoms with van der Waals surface area (Å²) in [6.45, 7) is 9.78. The van der Waals surface area contributed by atoms with Gasteiger partial charge in [-0.1, -0.05) is 30.3 Å². The van der Waals surface area contributed by atoms with Crippen molar-refractivity contribution in [3.63, 3.8) is 0 Å². The molecule has 4 rings (SSSR count). The molecule has 1 saturated heterocycles. The Labute approximate surface area is 152 Å². The number of ether oxygens (including phenoxy) is 1. The molecule has 3 heterocycles. The summed E-state index contributed by atoms with van der Waals surface area (Å²) in [4.78, 5) is 14.2. The molecule has 130 valence electrons. The highest BCUT2D eigenvalue weighted by Crippen LogP contribution is 2.34. The van der Waals surface area contributed by atoms with Gasteiger partial charge in [0.25, 0.3) is 0 Å². The maximum absolute atomic E-state index is 5.83. The first-order valence-electron chi connectivity index (χ1n) is 8.69. The van der Waals surface area contributed by atoms with Gasteiger partial charge in [0.05, 0.1) is 17.9 Å². The summed E-state index contributed by atoms with van der Waals surface area (Å²) in [6, 6.07) is 12.7. The molecule has 0 aliphatic carbocycles. The summed E-state index contributed by atoms with van der Waals surface area (Å²) < 4.78 is 5.83. The molecule has 3 aromatic rings. The van der Waals surface area contributed by atoms with Gasteiger partial charge in [-0.2, -0.15) is 0 Å². The fourth-order valence-corrected chi connectivity index (χ4v) is 4.53. The second-order valence-corrected chi connectivity index (χ2v) is 8.26. The van der Waals surface area contributed by atoms with Gasteiger partial charge in [0.2, 0.25) is 0 Å². The van der Waals surface area contributed by atoms with Crippen LogP contribution >= 0.6 is 11.3 Å². The number of hydrogen-bond donors (Lipinski definition) is 0. The number of fused-ring (bicyclic) bond motifs is 1. The van der Waals surface area contributed by atoms with Crippen molar-refractivity contribution in [1.29, 1.82) is 0 Å². The van der Waals surface area contributed by atoms with Crippen molar-refractivity contribution < 1.29 is 4.74 Å². The third-order valence-corrected chi connectivity index (χ3v) is 5.60. The molecule has 0 spiro atoms. The van der Waals surface area contributed by atoms with Crippen LogP contribution in [0, 0.1) is 6.92 Å². The number of aryl methyl sites for hydroxylation is 1. The predicted molar refractivity (Wildman–Crippen MR) is 103 cm³/mol. The lowest BCUT2D eigenvalue weighted by Crippen LogP contribution is -2.47. The second-order valence-electron chi connectivity index (χ2n) is 7.23. The van der Waals surface area contributed by atoms with E-state index in [0.717, 1.165) is 42.6 Å². The summed E-state index contributed by atoms with van der Waals surface area (Å²) >= 11 is 1.75. The van der Waals surface area contributed by atoms with Crippen molar-refractivity contribution >= 4 is 21.6 Å². The molecule has 0 atom stereocenters. The average molecular weight is 353 g/mol. The molecule has 0 amide bonds. The van der Waals surface area contributed by atoms with Crippen molar-refractivity contribution in [1.82, 2.24) is 14.9 Å². The number of benzene rings is 1. The van der Waals surface area contributed by atoms with Crippen LogP contribution in [0.4, 0.5) is 0 Å². The molecule has 0 radical (unpaired) electrons. The molecule has 1 aromatic carbocycles. The maximum atomic E-state index is 5.83. The lowest BCUT2D eigenvalue weighted by Gasteiger charge is -2.38. The Balaban J connectivity index is 1.70. The molecule has 4 nitrogen and oxygen atoms in total. The Bertz CT molecular complexity index is 889. The van der Waals surface area contributed by atoms with Crippen molar-refractivity contribution in [3.05, 3.63) is 47.9 Å². The predicted octanol–water partition coefficient (Wildman–Crippen LogP) is 4.28. The van der Waals surface area contributed by atoms with Crippen LogP contribution in [0.1, 0.15) is 25.4 Å². The number of nitrogens with zero attached hydrogens (tertiary/aromatic N) is 3. The summed E-state index contributed by atoms with van der Waals surface area (Å²) in [6.07, 6.45) is 0. The molecule has 1 aliphatic heterocycles. The topological polar surface area (TPSA) is 38.2 Å². The van der Waals surface area contributed by atoms with E-state index in [1.807, 2.05) is 13.0 Å². The van der Waals surface area contributed by atoms with E-state index < -0.39 is 0 Å². The fraction of sp³-hybridized carbons (Fsp3) is 0.400. The first kappa shape index (κ1) is 16.6. The lowest BCUT2D eigenvalue weighted by atomic mass is 10.1. The first-order valence-corrected chi connectivity index (χ1v) is 9.51. The van der Waals surface area contributed by atoms with Gasteiger partial charge in [-0.05, 0) is 32.4 Å². The van der Waals surface area contributed by atoms with E-state index in [-0.39, 0.29) is 5.60 Å². The maximum Gasteiger partial charge on any atom is 0.127 e. The molecular formula is C20H23N3OS. The van der Waals surface area contributed by atoms with E-state index in [1.54, 1.807) is 11.3 Å². The molecule has 0 saturated carbocycles. The van der Waals surface area contributed by atoms with Crippen LogP contribution in [0.3, 0.4) is 0 Å². The minimum absolute atomic E-state index is 0.0940. The smallest absolute Gasteiger partial charge is 0.127 e. The quantitative estimate of drug-likeness (QED) is 0.704.